The van der Waals surface area contributed by atoms with E-state index in [2.05, 4.69) is 26.0 Å². The monoisotopic (exact) mass is 146 g/mol. The zero-order valence-corrected chi connectivity index (χ0v) is 7.20. The van der Waals surface area contributed by atoms with Crippen molar-refractivity contribution in [3.63, 3.8) is 0 Å². The Morgan fingerprint density at radius 1 is 1.44 bits per heavy atom. The fraction of sp³-hybridized carbons (Fsp3) is 0.750. The molecule has 0 atom stereocenters. The summed E-state index contributed by atoms with van der Waals surface area (Å²) >= 11 is 5.59. The Morgan fingerprint density at radius 2 is 2.00 bits per heavy atom. The molecule has 0 bridgehead atoms. The van der Waals surface area contributed by atoms with Gasteiger partial charge < -0.3 is 0 Å². The molecular formula is C8H15Cl. The molecule has 0 spiro atoms. The van der Waals surface area contributed by atoms with Crippen molar-refractivity contribution in [2.75, 3.05) is 5.88 Å². The van der Waals surface area contributed by atoms with Gasteiger partial charge in [0.2, 0.25) is 0 Å². The average molecular weight is 147 g/mol. The minimum absolute atomic E-state index is 0.288. The van der Waals surface area contributed by atoms with Crippen LogP contribution in [0.25, 0.3) is 0 Å². The van der Waals surface area contributed by atoms with Gasteiger partial charge in [0.1, 0.15) is 0 Å². The summed E-state index contributed by atoms with van der Waals surface area (Å²) in [7, 11) is 0. The van der Waals surface area contributed by atoms with Crippen molar-refractivity contribution < 1.29 is 0 Å². The predicted molar refractivity (Wildman–Crippen MR) is 43.9 cm³/mol. The largest absolute Gasteiger partial charge is 0.127 e. The van der Waals surface area contributed by atoms with Gasteiger partial charge in [0, 0.05) is 5.88 Å². The van der Waals surface area contributed by atoms with Gasteiger partial charge in [-0.25, -0.2) is 0 Å². The standard InChI is InChI=1S/C8H15Cl/c1-4-5-8(2,3)6-7-9/h4-5H,6-7H2,1-3H3/b5-4+. The molecule has 0 unspecified atom stereocenters. The number of hydrogen-bond acceptors (Lipinski definition) is 0. The quantitative estimate of drug-likeness (QED) is 0.424. The molecule has 9 heavy (non-hydrogen) atoms. The lowest BCUT2D eigenvalue weighted by Gasteiger charge is -2.17. The summed E-state index contributed by atoms with van der Waals surface area (Å²) in [6.45, 7) is 6.42. The van der Waals surface area contributed by atoms with Crippen LogP contribution in [-0.4, -0.2) is 5.88 Å². The topological polar surface area (TPSA) is 0 Å². The summed E-state index contributed by atoms with van der Waals surface area (Å²) < 4.78 is 0. The second kappa shape index (κ2) is 3.94. The second-order valence-electron chi connectivity index (χ2n) is 2.93. The molecule has 0 aliphatic carbocycles. The minimum Gasteiger partial charge on any atom is -0.127 e. The normalized spacial score (nSPS) is 12.9. The maximum absolute atomic E-state index is 5.59. The molecule has 0 aromatic rings. The van der Waals surface area contributed by atoms with E-state index >= 15 is 0 Å². The Balaban J connectivity index is 3.70. The summed E-state index contributed by atoms with van der Waals surface area (Å²) in [5, 5.41) is 0. The van der Waals surface area contributed by atoms with Gasteiger partial charge in [-0.1, -0.05) is 26.0 Å². The van der Waals surface area contributed by atoms with Gasteiger partial charge in [0.15, 0.2) is 0 Å². The summed E-state index contributed by atoms with van der Waals surface area (Å²) in [5.41, 5.74) is 0.288. The number of hydrogen-bond donors (Lipinski definition) is 0. The van der Waals surface area contributed by atoms with Crippen LogP contribution in [0.5, 0.6) is 0 Å². The Kier molecular flexibility index (Phi) is 3.96. The summed E-state index contributed by atoms with van der Waals surface area (Å²) in [6, 6.07) is 0. The first-order valence-electron chi connectivity index (χ1n) is 3.32. The Morgan fingerprint density at radius 3 is 2.33 bits per heavy atom. The third-order valence-corrected chi connectivity index (χ3v) is 1.55. The highest BCUT2D eigenvalue weighted by Gasteiger charge is 2.10. The smallest absolute Gasteiger partial charge is 0.0231 e. The molecule has 0 aliphatic heterocycles. The average Bonchev–Trinajstić information content (AvgIpc) is 1.64. The van der Waals surface area contributed by atoms with Crippen LogP contribution in [0.15, 0.2) is 12.2 Å². The fourth-order valence-corrected chi connectivity index (χ4v) is 1.27. The third-order valence-electron chi connectivity index (χ3n) is 1.36. The first-order chi connectivity index (χ1) is 4.12. The van der Waals surface area contributed by atoms with Crippen LogP contribution in [0.4, 0.5) is 0 Å². The highest BCUT2D eigenvalue weighted by molar-refractivity contribution is 6.17. The zero-order chi connectivity index (χ0) is 7.33. The maximum atomic E-state index is 5.59. The van der Waals surface area contributed by atoms with Gasteiger partial charge in [-0.2, -0.15) is 0 Å². The van der Waals surface area contributed by atoms with Crippen molar-refractivity contribution in [2.24, 2.45) is 5.41 Å². The van der Waals surface area contributed by atoms with E-state index in [1.165, 1.54) is 0 Å². The molecule has 0 fully saturated rings. The van der Waals surface area contributed by atoms with Gasteiger partial charge in [-0.05, 0) is 18.8 Å². The summed E-state index contributed by atoms with van der Waals surface area (Å²) in [5.74, 6) is 0.747. The second-order valence-corrected chi connectivity index (χ2v) is 3.31. The van der Waals surface area contributed by atoms with Crippen molar-refractivity contribution in [1.82, 2.24) is 0 Å². The molecule has 0 radical (unpaired) electrons. The van der Waals surface area contributed by atoms with Crippen LogP contribution < -0.4 is 0 Å². The van der Waals surface area contributed by atoms with E-state index < -0.39 is 0 Å². The Labute approximate surface area is 62.9 Å². The molecule has 0 N–H and O–H groups in total. The number of halogens is 1. The molecule has 0 rings (SSSR count). The molecule has 1 heteroatoms. The van der Waals surface area contributed by atoms with Crippen LogP contribution in [0, 0.1) is 5.41 Å². The maximum Gasteiger partial charge on any atom is 0.0231 e. The number of alkyl halides is 1. The SMILES string of the molecule is C/C=C/C(C)(C)CCCl. The van der Waals surface area contributed by atoms with E-state index in [9.17, 15) is 0 Å². The molecule has 0 amide bonds. The number of allylic oxidation sites excluding steroid dienone is 2. The van der Waals surface area contributed by atoms with Gasteiger partial charge in [-0.15, -0.1) is 11.6 Å². The highest BCUT2D eigenvalue weighted by atomic mass is 35.5. The molecule has 0 saturated heterocycles. The van der Waals surface area contributed by atoms with Gasteiger partial charge in [-0.3, -0.25) is 0 Å². The minimum atomic E-state index is 0.288. The Bertz CT molecular complexity index is 92.7. The molecule has 0 aromatic carbocycles. The van der Waals surface area contributed by atoms with Crippen LogP contribution in [0.1, 0.15) is 27.2 Å². The van der Waals surface area contributed by atoms with Gasteiger partial charge in [0.05, 0.1) is 0 Å². The molecule has 0 aliphatic rings. The van der Waals surface area contributed by atoms with Crippen molar-refractivity contribution in [3.05, 3.63) is 12.2 Å². The molecular weight excluding hydrogens is 132 g/mol. The zero-order valence-electron chi connectivity index (χ0n) is 6.45. The molecule has 54 valence electrons. The van der Waals surface area contributed by atoms with Crippen molar-refractivity contribution >= 4 is 11.6 Å². The van der Waals surface area contributed by atoms with Crippen LogP contribution in [0.3, 0.4) is 0 Å². The van der Waals surface area contributed by atoms with E-state index in [0.717, 1.165) is 12.3 Å². The van der Waals surface area contributed by atoms with E-state index in [1.54, 1.807) is 0 Å². The van der Waals surface area contributed by atoms with Crippen molar-refractivity contribution in [2.45, 2.75) is 27.2 Å². The lowest BCUT2D eigenvalue weighted by molar-refractivity contribution is 0.464. The van der Waals surface area contributed by atoms with E-state index in [1.807, 2.05) is 6.92 Å². The Hall–Kier alpha value is 0.0300. The number of rotatable bonds is 3. The highest BCUT2D eigenvalue weighted by Crippen LogP contribution is 2.21. The third kappa shape index (κ3) is 4.53. The van der Waals surface area contributed by atoms with E-state index in [-0.39, 0.29) is 5.41 Å². The lowest BCUT2D eigenvalue weighted by Crippen LogP contribution is -2.07. The first-order valence-corrected chi connectivity index (χ1v) is 3.85. The van der Waals surface area contributed by atoms with Crippen LogP contribution in [-0.2, 0) is 0 Å². The fourth-order valence-electron chi connectivity index (χ4n) is 0.778. The lowest BCUT2D eigenvalue weighted by atomic mass is 9.90. The summed E-state index contributed by atoms with van der Waals surface area (Å²) in [4.78, 5) is 0. The predicted octanol–water partition coefficient (Wildman–Crippen LogP) is 3.22. The van der Waals surface area contributed by atoms with E-state index in [4.69, 9.17) is 11.6 Å². The first kappa shape index (κ1) is 9.03. The van der Waals surface area contributed by atoms with Crippen LogP contribution in [0.2, 0.25) is 0 Å². The summed E-state index contributed by atoms with van der Waals surface area (Å²) in [6.07, 6.45) is 5.32. The van der Waals surface area contributed by atoms with Crippen LogP contribution >= 0.6 is 11.6 Å². The van der Waals surface area contributed by atoms with Crippen molar-refractivity contribution in [1.29, 1.82) is 0 Å². The molecule has 0 saturated carbocycles. The molecule has 0 aromatic heterocycles. The van der Waals surface area contributed by atoms with E-state index in [0.29, 0.717) is 0 Å². The molecule has 0 nitrogen and oxygen atoms in total. The van der Waals surface area contributed by atoms with Crippen molar-refractivity contribution in [3.8, 4) is 0 Å². The molecule has 0 heterocycles. The van der Waals surface area contributed by atoms with Gasteiger partial charge in [0.25, 0.3) is 0 Å². The van der Waals surface area contributed by atoms with Gasteiger partial charge >= 0.3 is 0 Å².